The standard InChI is InChI=1S/C13H24BrN3O3/c1-5-19-13(20-6-2)12(18)11-10(14)9-15-17(11)8-7-16(3)4/h9,12-13,18H,5-8H2,1-4H3. The third-order valence-electron chi connectivity index (χ3n) is 2.79. The second-order valence-electron chi connectivity index (χ2n) is 4.63. The van der Waals surface area contributed by atoms with Crippen LogP contribution < -0.4 is 0 Å². The second-order valence-corrected chi connectivity index (χ2v) is 5.48. The molecule has 0 saturated carbocycles. The van der Waals surface area contributed by atoms with Gasteiger partial charge < -0.3 is 19.5 Å². The number of halogens is 1. The van der Waals surface area contributed by atoms with Crippen molar-refractivity contribution in [2.45, 2.75) is 32.8 Å². The van der Waals surface area contributed by atoms with Crippen LogP contribution in [0.3, 0.4) is 0 Å². The zero-order valence-corrected chi connectivity index (χ0v) is 14.1. The summed E-state index contributed by atoms with van der Waals surface area (Å²) in [7, 11) is 4.00. The molecule has 0 saturated heterocycles. The van der Waals surface area contributed by atoms with Crippen LogP contribution in [0.25, 0.3) is 0 Å². The van der Waals surface area contributed by atoms with Gasteiger partial charge in [-0.2, -0.15) is 5.10 Å². The van der Waals surface area contributed by atoms with E-state index in [2.05, 4.69) is 25.9 Å². The Morgan fingerprint density at radius 1 is 1.35 bits per heavy atom. The van der Waals surface area contributed by atoms with E-state index in [0.29, 0.717) is 25.5 Å². The molecule has 0 fully saturated rings. The van der Waals surface area contributed by atoms with Crippen LogP contribution >= 0.6 is 15.9 Å². The summed E-state index contributed by atoms with van der Waals surface area (Å²) in [5.41, 5.74) is 0.679. The highest BCUT2D eigenvalue weighted by molar-refractivity contribution is 9.10. The van der Waals surface area contributed by atoms with Crippen LogP contribution in [0.5, 0.6) is 0 Å². The van der Waals surface area contributed by atoms with E-state index in [-0.39, 0.29) is 0 Å². The molecule has 6 nitrogen and oxygen atoms in total. The van der Waals surface area contributed by atoms with Gasteiger partial charge in [-0.15, -0.1) is 0 Å². The normalized spacial score (nSPS) is 13.4. The summed E-state index contributed by atoms with van der Waals surface area (Å²) in [5, 5.41) is 14.8. The topological polar surface area (TPSA) is 59.8 Å². The number of ether oxygens (including phenoxy) is 2. The van der Waals surface area contributed by atoms with Gasteiger partial charge in [0.25, 0.3) is 0 Å². The highest BCUT2D eigenvalue weighted by atomic mass is 79.9. The Hall–Kier alpha value is -0.470. The molecule has 1 rings (SSSR count). The van der Waals surface area contributed by atoms with Gasteiger partial charge in [-0.1, -0.05) is 0 Å². The molecule has 0 aliphatic rings. The van der Waals surface area contributed by atoms with E-state index in [1.807, 2.05) is 27.9 Å². The lowest BCUT2D eigenvalue weighted by Crippen LogP contribution is -2.29. The molecule has 1 unspecified atom stereocenters. The molecule has 0 aromatic carbocycles. The molecule has 0 aliphatic heterocycles. The van der Waals surface area contributed by atoms with E-state index in [0.717, 1.165) is 11.0 Å². The molecule has 116 valence electrons. The molecule has 1 heterocycles. The van der Waals surface area contributed by atoms with E-state index < -0.39 is 12.4 Å². The van der Waals surface area contributed by atoms with E-state index in [4.69, 9.17) is 9.47 Å². The quantitative estimate of drug-likeness (QED) is 0.686. The van der Waals surface area contributed by atoms with Crippen molar-refractivity contribution in [2.75, 3.05) is 33.9 Å². The molecule has 1 aromatic heterocycles. The van der Waals surface area contributed by atoms with Crippen LogP contribution in [0.4, 0.5) is 0 Å². The van der Waals surface area contributed by atoms with Gasteiger partial charge in [0.15, 0.2) is 6.29 Å². The van der Waals surface area contributed by atoms with Crippen molar-refractivity contribution in [3.63, 3.8) is 0 Å². The third kappa shape index (κ3) is 4.82. The molecule has 20 heavy (non-hydrogen) atoms. The van der Waals surface area contributed by atoms with Gasteiger partial charge >= 0.3 is 0 Å². The first-order valence-corrected chi connectivity index (χ1v) is 7.57. The van der Waals surface area contributed by atoms with Crippen molar-refractivity contribution < 1.29 is 14.6 Å². The van der Waals surface area contributed by atoms with Crippen molar-refractivity contribution in [2.24, 2.45) is 0 Å². The Bertz CT molecular complexity index is 392. The number of hydrogen-bond acceptors (Lipinski definition) is 5. The molecule has 0 spiro atoms. The molecule has 7 heteroatoms. The predicted molar refractivity (Wildman–Crippen MR) is 80.5 cm³/mol. The first-order chi connectivity index (χ1) is 9.51. The molecule has 1 aromatic rings. The molecular weight excluding hydrogens is 326 g/mol. The van der Waals surface area contributed by atoms with Crippen LogP contribution in [0.1, 0.15) is 25.6 Å². The van der Waals surface area contributed by atoms with E-state index in [9.17, 15) is 5.11 Å². The van der Waals surface area contributed by atoms with Gasteiger partial charge in [0.05, 0.1) is 22.9 Å². The van der Waals surface area contributed by atoms with Crippen LogP contribution in [0, 0.1) is 0 Å². The van der Waals surface area contributed by atoms with E-state index >= 15 is 0 Å². The average molecular weight is 350 g/mol. The highest BCUT2D eigenvalue weighted by Gasteiger charge is 2.27. The first-order valence-electron chi connectivity index (χ1n) is 6.78. The number of nitrogens with zero attached hydrogens (tertiary/aromatic N) is 3. The van der Waals surface area contributed by atoms with Gasteiger partial charge in [-0.3, -0.25) is 4.68 Å². The largest absolute Gasteiger partial charge is 0.381 e. The van der Waals surface area contributed by atoms with Crippen LogP contribution in [0.2, 0.25) is 0 Å². The molecule has 0 radical (unpaired) electrons. The molecule has 0 amide bonds. The number of likely N-dealkylation sites (N-methyl/N-ethyl adjacent to an activating group) is 1. The maximum Gasteiger partial charge on any atom is 0.189 e. The summed E-state index contributed by atoms with van der Waals surface area (Å²) in [6.07, 6.45) is 0.119. The lowest BCUT2D eigenvalue weighted by atomic mass is 10.2. The number of aliphatic hydroxyl groups is 1. The summed E-state index contributed by atoms with van der Waals surface area (Å²) < 4.78 is 13.5. The second kappa shape index (κ2) is 8.74. The highest BCUT2D eigenvalue weighted by Crippen LogP contribution is 2.27. The van der Waals surface area contributed by atoms with Crippen molar-refractivity contribution in [3.8, 4) is 0 Å². The van der Waals surface area contributed by atoms with Gasteiger partial charge in [-0.25, -0.2) is 0 Å². The number of rotatable bonds is 9. The minimum Gasteiger partial charge on any atom is -0.381 e. The van der Waals surface area contributed by atoms with Gasteiger partial charge in [0, 0.05) is 19.8 Å². The lowest BCUT2D eigenvalue weighted by Gasteiger charge is -2.24. The average Bonchev–Trinajstić information content (AvgIpc) is 2.76. The molecule has 1 atom stereocenters. The Balaban J connectivity index is 2.88. The monoisotopic (exact) mass is 349 g/mol. The Morgan fingerprint density at radius 3 is 2.45 bits per heavy atom. The van der Waals surface area contributed by atoms with Crippen molar-refractivity contribution >= 4 is 15.9 Å². The first kappa shape index (κ1) is 17.6. The van der Waals surface area contributed by atoms with E-state index in [1.165, 1.54) is 0 Å². The maximum absolute atomic E-state index is 10.5. The summed E-state index contributed by atoms with van der Waals surface area (Å²) in [4.78, 5) is 2.06. The number of aromatic nitrogens is 2. The third-order valence-corrected chi connectivity index (χ3v) is 3.40. The van der Waals surface area contributed by atoms with Crippen LogP contribution in [-0.4, -0.2) is 59.9 Å². The van der Waals surface area contributed by atoms with Crippen molar-refractivity contribution in [3.05, 3.63) is 16.4 Å². The predicted octanol–water partition coefficient (Wildman–Crippen LogP) is 1.64. The molecular formula is C13H24BrN3O3. The maximum atomic E-state index is 10.5. The number of hydrogen-bond donors (Lipinski definition) is 1. The fourth-order valence-electron chi connectivity index (χ4n) is 1.83. The summed E-state index contributed by atoms with van der Waals surface area (Å²) in [6.45, 7) is 6.22. The van der Waals surface area contributed by atoms with Gasteiger partial charge in [0.1, 0.15) is 6.10 Å². The molecule has 0 aliphatic carbocycles. The Morgan fingerprint density at radius 2 is 1.95 bits per heavy atom. The zero-order chi connectivity index (χ0) is 15.1. The minimum atomic E-state index is -0.881. The Labute approximate surface area is 128 Å². The Kier molecular flexibility index (Phi) is 7.68. The molecule has 1 N–H and O–H groups in total. The van der Waals surface area contributed by atoms with Gasteiger partial charge in [-0.05, 0) is 43.9 Å². The SMILES string of the molecule is CCOC(OCC)C(O)c1c(Br)cnn1CCN(C)C. The lowest BCUT2D eigenvalue weighted by molar-refractivity contribution is -0.193. The summed E-state index contributed by atoms with van der Waals surface area (Å²) >= 11 is 3.43. The van der Waals surface area contributed by atoms with E-state index in [1.54, 1.807) is 10.9 Å². The summed E-state index contributed by atoms with van der Waals surface area (Å²) in [6, 6.07) is 0. The minimum absolute atomic E-state index is 0.477. The van der Waals surface area contributed by atoms with Crippen LogP contribution in [-0.2, 0) is 16.0 Å². The molecule has 0 bridgehead atoms. The van der Waals surface area contributed by atoms with Crippen LogP contribution in [0.15, 0.2) is 10.7 Å². The van der Waals surface area contributed by atoms with Crippen molar-refractivity contribution in [1.29, 1.82) is 0 Å². The number of aliphatic hydroxyl groups excluding tert-OH is 1. The fourth-order valence-corrected chi connectivity index (χ4v) is 2.36. The zero-order valence-electron chi connectivity index (χ0n) is 12.5. The van der Waals surface area contributed by atoms with Crippen molar-refractivity contribution in [1.82, 2.24) is 14.7 Å². The smallest absolute Gasteiger partial charge is 0.189 e. The summed E-state index contributed by atoms with van der Waals surface area (Å²) in [5.74, 6) is 0. The van der Waals surface area contributed by atoms with Gasteiger partial charge in [0.2, 0.25) is 0 Å². The fraction of sp³-hybridized carbons (Fsp3) is 0.769.